The van der Waals surface area contributed by atoms with Crippen LogP contribution in [0, 0.1) is 5.92 Å². The molecule has 0 atom stereocenters. The van der Waals surface area contributed by atoms with Crippen LogP contribution in [0.15, 0.2) is 0 Å². The minimum absolute atomic E-state index is 0.235. The lowest BCUT2D eigenvalue weighted by atomic mass is 9.80. The van der Waals surface area contributed by atoms with Gasteiger partial charge in [0.05, 0.1) is 11.5 Å². The Balaban J connectivity index is 2.30. The highest BCUT2D eigenvalue weighted by atomic mass is 32.2. The number of carboxylic acids is 1. The number of aliphatic carboxylic acids is 1. The molecule has 0 radical (unpaired) electrons. The predicted molar refractivity (Wildman–Crippen MR) is 62.2 cm³/mol. The molecule has 1 aliphatic rings. The second kappa shape index (κ2) is 5.75. The van der Waals surface area contributed by atoms with E-state index >= 15 is 0 Å². The van der Waals surface area contributed by atoms with Crippen LogP contribution in [-0.4, -0.2) is 33.3 Å². The van der Waals surface area contributed by atoms with E-state index in [9.17, 15) is 9.90 Å². The number of carbonyl (C=O) groups is 1. The standard InChI is InChI=1S/C11H20O3S/c1-2-7-15-8-11(14)5-3-9(4-6-11)10(12)13/h9,14H,2-8H2,1H3,(H,12,13). The Bertz CT molecular complexity index is 210. The van der Waals surface area contributed by atoms with Gasteiger partial charge in [0, 0.05) is 5.75 Å². The van der Waals surface area contributed by atoms with Gasteiger partial charge in [-0.3, -0.25) is 4.79 Å². The van der Waals surface area contributed by atoms with Crippen molar-refractivity contribution in [3.05, 3.63) is 0 Å². The highest BCUT2D eigenvalue weighted by molar-refractivity contribution is 7.99. The number of rotatable bonds is 5. The topological polar surface area (TPSA) is 57.5 Å². The molecule has 0 aromatic rings. The van der Waals surface area contributed by atoms with Gasteiger partial charge >= 0.3 is 5.97 Å². The van der Waals surface area contributed by atoms with Crippen LogP contribution in [-0.2, 0) is 4.79 Å². The predicted octanol–water partition coefficient (Wildman–Crippen LogP) is 2.14. The maximum absolute atomic E-state index is 10.7. The van der Waals surface area contributed by atoms with Gasteiger partial charge in [-0.25, -0.2) is 0 Å². The summed E-state index contributed by atoms with van der Waals surface area (Å²) in [4.78, 5) is 10.7. The number of aliphatic hydroxyl groups is 1. The Morgan fingerprint density at radius 1 is 1.47 bits per heavy atom. The van der Waals surface area contributed by atoms with Crippen molar-refractivity contribution in [2.24, 2.45) is 5.92 Å². The molecule has 0 heterocycles. The number of hydrogen-bond donors (Lipinski definition) is 2. The molecule has 1 saturated carbocycles. The number of thioether (sulfide) groups is 1. The minimum atomic E-state index is -0.710. The third-order valence-electron chi connectivity index (χ3n) is 2.98. The molecular formula is C11H20O3S. The van der Waals surface area contributed by atoms with Gasteiger partial charge in [-0.2, -0.15) is 11.8 Å². The smallest absolute Gasteiger partial charge is 0.306 e. The summed E-state index contributed by atoms with van der Waals surface area (Å²) in [5, 5.41) is 19.0. The molecule has 0 aromatic carbocycles. The number of hydrogen-bond acceptors (Lipinski definition) is 3. The van der Waals surface area contributed by atoms with Crippen LogP contribution in [0.25, 0.3) is 0 Å². The molecule has 0 bridgehead atoms. The third-order valence-corrected chi connectivity index (χ3v) is 4.42. The molecule has 3 nitrogen and oxygen atoms in total. The van der Waals surface area contributed by atoms with E-state index in [1.165, 1.54) is 0 Å². The first-order chi connectivity index (χ1) is 7.07. The molecule has 0 saturated heterocycles. The Morgan fingerprint density at radius 2 is 2.07 bits per heavy atom. The van der Waals surface area contributed by atoms with Gasteiger partial charge in [0.1, 0.15) is 0 Å². The quantitative estimate of drug-likeness (QED) is 0.713. The lowest BCUT2D eigenvalue weighted by Gasteiger charge is -2.34. The summed E-state index contributed by atoms with van der Waals surface area (Å²) < 4.78 is 0. The Labute approximate surface area is 95.3 Å². The third kappa shape index (κ3) is 4.03. The minimum Gasteiger partial charge on any atom is -0.481 e. The Kier molecular flexibility index (Phi) is 4.93. The molecular weight excluding hydrogens is 212 g/mol. The van der Waals surface area contributed by atoms with Gasteiger partial charge < -0.3 is 10.2 Å². The first-order valence-electron chi connectivity index (χ1n) is 5.60. The summed E-state index contributed by atoms with van der Waals surface area (Å²) in [7, 11) is 0. The monoisotopic (exact) mass is 232 g/mol. The first-order valence-corrected chi connectivity index (χ1v) is 6.76. The van der Waals surface area contributed by atoms with E-state index in [1.807, 2.05) is 0 Å². The summed E-state index contributed by atoms with van der Waals surface area (Å²) >= 11 is 1.77. The Hall–Kier alpha value is -0.220. The fraction of sp³-hybridized carbons (Fsp3) is 0.909. The second-order valence-electron chi connectivity index (χ2n) is 4.39. The van der Waals surface area contributed by atoms with Gasteiger partial charge in [-0.15, -0.1) is 0 Å². The van der Waals surface area contributed by atoms with Crippen molar-refractivity contribution in [1.82, 2.24) is 0 Å². The van der Waals surface area contributed by atoms with E-state index in [0.717, 1.165) is 17.9 Å². The van der Waals surface area contributed by atoms with Gasteiger partial charge in [0.25, 0.3) is 0 Å². The molecule has 1 aliphatic carbocycles. The van der Waals surface area contributed by atoms with Crippen molar-refractivity contribution in [3.8, 4) is 0 Å². The van der Waals surface area contributed by atoms with Crippen LogP contribution in [0.3, 0.4) is 0 Å². The summed E-state index contributed by atoms with van der Waals surface area (Å²) in [5.41, 5.74) is -0.605. The lowest BCUT2D eigenvalue weighted by Crippen LogP contribution is -2.38. The summed E-state index contributed by atoms with van der Waals surface area (Å²) in [6.45, 7) is 2.12. The summed E-state index contributed by atoms with van der Waals surface area (Å²) in [6, 6.07) is 0. The molecule has 2 N–H and O–H groups in total. The van der Waals surface area contributed by atoms with E-state index in [-0.39, 0.29) is 5.92 Å². The highest BCUT2D eigenvalue weighted by Crippen LogP contribution is 2.34. The van der Waals surface area contributed by atoms with Gasteiger partial charge in [0.15, 0.2) is 0 Å². The van der Waals surface area contributed by atoms with Crippen molar-refractivity contribution < 1.29 is 15.0 Å². The summed E-state index contributed by atoms with van der Waals surface area (Å²) in [6.07, 6.45) is 3.65. The molecule has 0 unspecified atom stereocenters. The van der Waals surface area contributed by atoms with E-state index < -0.39 is 11.6 Å². The van der Waals surface area contributed by atoms with Crippen molar-refractivity contribution in [1.29, 1.82) is 0 Å². The van der Waals surface area contributed by atoms with Crippen molar-refractivity contribution in [3.63, 3.8) is 0 Å². The molecule has 0 amide bonds. The maximum Gasteiger partial charge on any atom is 0.306 e. The molecule has 15 heavy (non-hydrogen) atoms. The van der Waals surface area contributed by atoms with Gasteiger partial charge in [-0.05, 0) is 37.9 Å². The van der Waals surface area contributed by atoms with E-state index in [0.29, 0.717) is 25.7 Å². The molecule has 0 spiro atoms. The van der Waals surface area contributed by atoms with E-state index in [4.69, 9.17) is 5.11 Å². The largest absolute Gasteiger partial charge is 0.481 e. The van der Waals surface area contributed by atoms with Gasteiger partial charge in [-0.1, -0.05) is 6.92 Å². The van der Waals surface area contributed by atoms with E-state index in [2.05, 4.69) is 6.92 Å². The lowest BCUT2D eigenvalue weighted by molar-refractivity contribution is -0.144. The fourth-order valence-electron chi connectivity index (χ4n) is 1.95. The zero-order valence-electron chi connectivity index (χ0n) is 9.24. The summed E-state index contributed by atoms with van der Waals surface area (Å²) in [5.74, 6) is 0.886. The maximum atomic E-state index is 10.7. The van der Waals surface area contributed by atoms with Crippen LogP contribution >= 0.6 is 11.8 Å². The van der Waals surface area contributed by atoms with Crippen molar-refractivity contribution in [2.45, 2.75) is 44.6 Å². The second-order valence-corrected chi connectivity index (χ2v) is 5.49. The molecule has 0 aromatic heterocycles. The molecule has 0 aliphatic heterocycles. The van der Waals surface area contributed by atoms with Crippen molar-refractivity contribution in [2.75, 3.05) is 11.5 Å². The first kappa shape index (κ1) is 12.8. The van der Waals surface area contributed by atoms with Crippen LogP contribution in [0.2, 0.25) is 0 Å². The van der Waals surface area contributed by atoms with Crippen LogP contribution in [0.4, 0.5) is 0 Å². The normalized spacial score (nSPS) is 31.5. The fourth-order valence-corrected chi connectivity index (χ4v) is 3.05. The van der Waals surface area contributed by atoms with E-state index in [1.54, 1.807) is 11.8 Å². The van der Waals surface area contributed by atoms with Crippen molar-refractivity contribution >= 4 is 17.7 Å². The molecule has 4 heteroatoms. The zero-order valence-corrected chi connectivity index (χ0v) is 10.1. The van der Waals surface area contributed by atoms with Crippen LogP contribution in [0.5, 0.6) is 0 Å². The van der Waals surface area contributed by atoms with Gasteiger partial charge in [0.2, 0.25) is 0 Å². The average Bonchev–Trinajstić information content (AvgIpc) is 2.18. The molecule has 1 fully saturated rings. The highest BCUT2D eigenvalue weighted by Gasteiger charge is 2.35. The average molecular weight is 232 g/mol. The Morgan fingerprint density at radius 3 is 2.53 bits per heavy atom. The number of carboxylic acid groups (broad SMARTS) is 1. The van der Waals surface area contributed by atoms with Crippen LogP contribution in [0.1, 0.15) is 39.0 Å². The SMILES string of the molecule is CCCSCC1(O)CCC(C(=O)O)CC1. The molecule has 1 rings (SSSR count). The molecule has 88 valence electrons. The zero-order chi connectivity index (χ0) is 11.3. The van der Waals surface area contributed by atoms with Crippen LogP contribution < -0.4 is 0 Å².